The van der Waals surface area contributed by atoms with E-state index in [1.165, 1.54) is 10.7 Å². The average Bonchev–Trinajstić information content (AvgIpc) is 2.92. The van der Waals surface area contributed by atoms with Gasteiger partial charge < -0.3 is 5.32 Å². The van der Waals surface area contributed by atoms with Crippen LogP contribution >= 0.6 is 22.0 Å². The number of hydrogen-bond acceptors (Lipinski definition) is 5. The topological polar surface area (TPSA) is 81.1 Å². The van der Waals surface area contributed by atoms with Crippen molar-refractivity contribution in [3.8, 4) is 0 Å². The highest BCUT2D eigenvalue weighted by Crippen LogP contribution is 2.24. The quantitative estimate of drug-likeness (QED) is 0.863. The molecule has 6 nitrogen and oxygen atoms in total. The Morgan fingerprint density at radius 1 is 1.50 bits per heavy atom. The summed E-state index contributed by atoms with van der Waals surface area (Å²) in [6, 6.07) is 4.72. The predicted molar refractivity (Wildman–Crippen MR) is 76.5 cm³/mol. The number of thiophene rings is 1. The van der Waals surface area contributed by atoms with E-state index < -0.39 is 9.05 Å². The van der Waals surface area contributed by atoms with Crippen LogP contribution in [0.1, 0.15) is 21.1 Å². The molecular formula is C11H12ClN3O3S2. The zero-order valence-corrected chi connectivity index (χ0v) is 13.1. The lowest BCUT2D eigenvalue weighted by atomic mass is 10.3. The molecule has 0 atom stereocenters. The van der Waals surface area contributed by atoms with Crippen molar-refractivity contribution in [2.24, 2.45) is 7.05 Å². The van der Waals surface area contributed by atoms with E-state index in [0.717, 1.165) is 17.0 Å². The number of nitrogens with zero attached hydrogens (tertiary/aromatic N) is 2. The number of rotatable bonds is 4. The maximum atomic E-state index is 11.9. The summed E-state index contributed by atoms with van der Waals surface area (Å²) in [7, 11) is 3.21. The van der Waals surface area contributed by atoms with E-state index >= 15 is 0 Å². The van der Waals surface area contributed by atoms with Gasteiger partial charge in [0.05, 0.1) is 12.2 Å². The summed E-state index contributed by atoms with van der Waals surface area (Å²) in [6.07, 6.45) is 0. The molecule has 0 aliphatic carbocycles. The Bertz CT molecular complexity index is 749. The molecule has 0 fully saturated rings. The minimum Gasteiger partial charge on any atom is -0.346 e. The number of carbonyl (C=O) groups excluding carboxylic acids is 1. The molecule has 0 aromatic carbocycles. The summed E-state index contributed by atoms with van der Waals surface area (Å²) in [4.78, 5) is 12.6. The molecule has 0 aliphatic rings. The summed E-state index contributed by atoms with van der Waals surface area (Å²) in [5.74, 6) is -0.267. The number of aromatic nitrogens is 2. The van der Waals surface area contributed by atoms with Crippen LogP contribution in [0.3, 0.4) is 0 Å². The van der Waals surface area contributed by atoms with Gasteiger partial charge in [0.15, 0.2) is 0 Å². The van der Waals surface area contributed by atoms with Crippen molar-refractivity contribution in [2.45, 2.75) is 17.7 Å². The fourth-order valence-electron chi connectivity index (χ4n) is 1.67. The lowest BCUT2D eigenvalue weighted by Crippen LogP contribution is -2.24. The number of carbonyl (C=O) groups is 1. The van der Waals surface area contributed by atoms with Crippen molar-refractivity contribution in [1.29, 1.82) is 0 Å². The average molecular weight is 334 g/mol. The predicted octanol–water partition coefficient (Wildman–Crippen LogP) is 1.65. The van der Waals surface area contributed by atoms with Crippen LogP contribution in [0.5, 0.6) is 0 Å². The van der Waals surface area contributed by atoms with E-state index in [9.17, 15) is 13.2 Å². The molecule has 0 spiro atoms. The first-order chi connectivity index (χ1) is 9.27. The lowest BCUT2D eigenvalue weighted by molar-refractivity contribution is 0.0942. The Hall–Kier alpha value is -1.38. The van der Waals surface area contributed by atoms with Gasteiger partial charge in [-0.3, -0.25) is 9.48 Å². The Morgan fingerprint density at radius 3 is 2.70 bits per heavy atom. The van der Waals surface area contributed by atoms with Gasteiger partial charge in [-0.25, -0.2) is 8.42 Å². The third kappa shape index (κ3) is 3.38. The molecular weight excluding hydrogens is 322 g/mol. The molecule has 0 saturated carbocycles. The molecule has 1 amide bonds. The van der Waals surface area contributed by atoms with Gasteiger partial charge in [-0.2, -0.15) is 5.10 Å². The maximum absolute atomic E-state index is 11.9. The van der Waals surface area contributed by atoms with Crippen LogP contribution in [-0.2, 0) is 22.6 Å². The van der Waals surface area contributed by atoms with Crippen molar-refractivity contribution in [3.05, 3.63) is 34.5 Å². The molecule has 2 heterocycles. The number of halogens is 1. The molecule has 2 rings (SSSR count). The lowest BCUT2D eigenvalue weighted by Gasteiger charge is -2.03. The highest BCUT2D eigenvalue weighted by atomic mass is 35.7. The van der Waals surface area contributed by atoms with Crippen molar-refractivity contribution in [1.82, 2.24) is 15.1 Å². The zero-order chi connectivity index (χ0) is 14.9. The van der Waals surface area contributed by atoms with E-state index in [0.29, 0.717) is 10.6 Å². The molecule has 2 aromatic heterocycles. The second kappa shape index (κ2) is 5.55. The first-order valence-electron chi connectivity index (χ1n) is 5.59. The van der Waals surface area contributed by atoms with Gasteiger partial charge in [0, 0.05) is 22.6 Å². The van der Waals surface area contributed by atoms with Crippen LogP contribution in [-0.4, -0.2) is 24.1 Å². The van der Waals surface area contributed by atoms with Gasteiger partial charge in [-0.15, -0.1) is 11.3 Å². The van der Waals surface area contributed by atoms with Crippen molar-refractivity contribution in [2.75, 3.05) is 0 Å². The number of amides is 1. The van der Waals surface area contributed by atoms with Crippen molar-refractivity contribution in [3.63, 3.8) is 0 Å². The van der Waals surface area contributed by atoms with Gasteiger partial charge >= 0.3 is 0 Å². The number of nitrogens with one attached hydrogen (secondary N) is 1. The maximum Gasteiger partial charge on any atom is 0.270 e. The summed E-state index contributed by atoms with van der Waals surface area (Å²) >= 11 is 1.03. The van der Waals surface area contributed by atoms with Crippen LogP contribution in [0.2, 0.25) is 0 Å². The molecule has 0 radical (unpaired) electrons. The van der Waals surface area contributed by atoms with Crippen LogP contribution in [0.15, 0.2) is 22.4 Å². The monoisotopic (exact) mass is 333 g/mol. The van der Waals surface area contributed by atoms with E-state index in [1.807, 2.05) is 0 Å². The normalized spacial score (nSPS) is 11.6. The number of aryl methyl sites for hydroxylation is 2. The highest BCUT2D eigenvalue weighted by molar-refractivity contribution is 8.15. The summed E-state index contributed by atoms with van der Waals surface area (Å²) in [5.41, 5.74) is 1.20. The van der Waals surface area contributed by atoms with Gasteiger partial charge in [-0.05, 0) is 25.1 Å². The molecule has 0 saturated heterocycles. The van der Waals surface area contributed by atoms with Gasteiger partial charge in [-0.1, -0.05) is 0 Å². The zero-order valence-electron chi connectivity index (χ0n) is 10.8. The van der Waals surface area contributed by atoms with Gasteiger partial charge in [0.2, 0.25) is 0 Å². The van der Waals surface area contributed by atoms with E-state index in [1.54, 1.807) is 26.1 Å². The van der Waals surface area contributed by atoms with Crippen LogP contribution < -0.4 is 5.32 Å². The van der Waals surface area contributed by atoms with Crippen LogP contribution in [0.4, 0.5) is 0 Å². The van der Waals surface area contributed by atoms with Gasteiger partial charge in [0.25, 0.3) is 15.0 Å². The Morgan fingerprint density at radius 2 is 2.20 bits per heavy atom. The third-order valence-electron chi connectivity index (χ3n) is 2.54. The first-order valence-corrected chi connectivity index (χ1v) is 8.72. The van der Waals surface area contributed by atoms with Gasteiger partial charge in [0.1, 0.15) is 9.90 Å². The molecule has 1 N–H and O–H groups in total. The van der Waals surface area contributed by atoms with E-state index in [2.05, 4.69) is 10.4 Å². The molecule has 0 bridgehead atoms. The Kier molecular flexibility index (Phi) is 4.17. The molecule has 2 aromatic rings. The molecule has 0 unspecified atom stereocenters. The van der Waals surface area contributed by atoms with Crippen LogP contribution in [0.25, 0.3) is 0 Å². The van der Waals surface area contributed by atoms with Crippen molar-refractivity contribution < 1.29 is 13.2 Å². The van der Waals surface area contributed by atoms with Crippen LogP contribution in [0, 0.1) is 6.92 Å². The molecule has 0 aliphatic heterocycles. The largest absolute Gasteiger partial charge is 0.346 e. The van der Waals surface area contributed by atoms with E-state index in [-0.39, 0.29) is 16.7 Å². The van der Waals surface area contributed by atoms with E-state index in [4.69, 9.17) is 10.7 Å². The second-order valence-corrected chi connectivity index (χ2v) is 8.10. The highest BCUT2D eigenvalue weighted by Gasteiger charge is 2.15. The fourth-order valence-corrected chi connectivity index (χ4v) is 3.73. The first kappa shape index (κ1) is 15.0. The number of hydrogen-bond donors (Lipinski definition) is 1. The van der Waals surface area contributed by atoms with Crippen molar-refractivity contribution >= 4 is 37.0 Å². The summed E-state index contributed by atoms with van der Waals surface area (Å²) in [5, 5.41) is 6.79. The Balaban J connectivity index is 2.04. The third-order valence-corrected chi connectivity index (χ3v) is 5.71. The smallest absolute Gasteiger partial charge is 0.270 e. The minimum atomic E-state index is -3.71. The minimum absolute atomic E-state index is 0.0693. The fraction of sp³-hybridized carbons (Fsp3) is 0.273. The summed E-state index contributed by atoms with van der Waals surface area (Å²) < 4.78 is 23.8. The SMILES string of the molecule is Cc1cc(C(=O)NCc2ccc(S(=O)(=O)Cl)s2)n(C)n1. The molecule has 20 heavy (non-hydrogen) atoms. The Labute approximate surface area is 124 Å². The molecule has 9 heteroatoms. The second-order valence-electron chi connectivity index (χ2n) is 4.14. The standard InChI is InChI=1S/C11H12ClN3O3S2/c1-7-5-9(15(2)14-7)11(16)13-6-8-3-4-10(19-8)20(12,17)18/h3-5H,6H2,1-2H3,(H,13,16). The summed E-state index contributed by atoms with van der Waals surface area (Å²) in [6.45, 7) is 2.04. The molecule has 108 valence electrons.